The van der Waals surface area contributed by atoms with Gasteiger partial charge in [-0.05, 0) is 0 Å². The topological polar surface area (TPSA) is 49.4 Å². The monoisotopic (exact) mass is 352 g/mol. The molecule has 0 radical (unpaired) electrons. The fraction of sp³-hybridized carbons (Fsp3) is 0.176. The van der Waals surface area contributed by atoms with Crippen LogP contribution in [-0.4, -0.2) is 31.3 Å². The van der Waals surface area contributed by atoms with Crippen LogP contribution in [0.15, 0.2) is 30.3 Å². The predicted octanol–water partition coefficient (Wildman–Crippen LogP) is 2.41. The van der Waals surface area contributed by atoms with E-state index in [9.17, 15) is 27.2 Å². The van der Waals surface area contributed by atoms with Crippen molar-refractivity contribution in [3.05, 3.63) is 64.7 Å². The molecule has 1 amide bonds. The first kappa shape index (κ1) is 16.9. The molecule has 0 aromatic heterocycles. The van der Waals surface area contributed by atoms with Gasteiger partial charge in [-0.2, -0.15) is 0 Å². The maximum absolute atomic E-state index is 14.4. The normalized spacial score (nSPS) is 14.4. The molecule has 0 saturated carbocycles. The van der Waals surface area contributed by atoms with Gasteiger partial charge in [0.2, 0.25) is 5.91 Å². The molecule has 0 spiro atoms. The lowest BCUT2D eigenvalue weighted by molar-refractivity contribution is -0.120. The lowest BCUT2D eigenvalue weighted by atomic mass is 10.0. The highest BCUT2D eigenvalue weighted by Crippen LogP contribution is 2.32. The third-order valence-corrected chi connectivity index (χ3v) is 3.86. The second-order valence-electron chi connectivity index (χ2n) is 5.45. The third-order valence-electron chi connectivity index (χ3n) is 3.86. The van der Waals surface area contributed by atoms with E-state index in [0.29, 0.717) is 0 Å². The molecule has 2 aromatic carbocycles. The van der Waals surface area contributed by atoms with Crippen LogP contribution >= 0.6 is 0 Å². The van der Waals surface area contributed by atoms with Crippen molar-refractivity contribution in [1.29, 1.82) is 0 Å². The van der Waals surface area contributed by atoms with Crippen LogP contribution in [0.3, 0.4) is 0 Å². The Kier molecular flexibility index (Phi) is 4.43. The van der Waals surface area contributed by atoms with Crippen molar-refractivity contribution >= 4 is 17.4 Å². The number of benzene rings is 2. The van der Waals surface area contributed by atoms with Crippen LogP contribution in [0.1, 0.15) is 15.9 Å². The van der Waals surface area contributed by atoms with Gasteiger partial charge in [0.25, 0.3) is 0 Å². The Morgan fingerprint density at radius 1 is 0.960 bits per heavy atom. The van der Waals surface area contributed by atoms with Gasteiger partial charge in [0.05, 0.1) is 6.54 Å². The average molecular weight is 352 g/mol. The van der Waals surface area contributed by atoms with Crippen LogP contribution in [0.5, 0.6) is 0 Å². The van der Waals surface area contributed by atoms with Gasteiger partial charge in [-0.25, -0.2) is 17.6 Å². The summed E-state index contributed by atoms with van der Waals surface area (Å²) in [6, 6.07) is 7.04. The first-order valence-electron chi connectivity index (χ1n) is 7.39. The van der Waals surface area contributed by atoms with Crippen LogP contribution in [0.2, 0.25) is 0 Å². The lowest BCUT2D eigenvalue weighted by Gasteiger charge is -2.29. The number of amides is 1. The minimum atomic E-state index is -1.78. The second-order valence-corrected chi connectivity index (χ2v) is 5.45. The molecular weight excluding hydrogens is 340 g/mol. The average Bonchev–Trinajstić information content (AvgIpc) is 2.61. The molecule has 0 aliphatic carbocycles. The molecule has 4 nitrogen and oxygen atoms in total. The number of nitrogens with one attached hydrogen (secondary N) is 1. The Morgan fingerprint density at radius 2 is 1.56 bits per heavy atom. The number of hydrogen-bond donors (Lipinski definition) is 1. The van der Waals surface area contributed by atoms with Crippen LogP contribution in [0, 0.1) is 23.3 Å². The number of hydrogen-bond acceptors (Lipinski definition) is 3. The highest BCUT2D eigenvalue weighted by atomic mass is 19.2. The Balaban J connectivity index is 2.11. The fourth-order valence-corrected chi connectivity index (χ4v) is 2.66. The van der Waals surface area contributed by atoms with E-state index >= 15 is 0 Å². The Bertz CT molecular complexity index is 826. The number of ketones is 1. The third kappa shape index (κ3) is 2.95. The summed E-state index contributed by atoms with van der Waals surface area (Å²) in [6.07, 6.45) is 0. The molecule has 1 fully saturated rings. The van der Waals surface area contributed by atoms with Crippen LogP contribution in [-0.2, 0) is 4.79 Å². The van der Waals surface area contributed by atoms with Crippen LogP contribution < -0.4 is 10.2 Å². The summed E-state index contributed by atoms with van der Waals surface area (Å²) in [5, 5.41) is 2.43. The largest absolute Gasteiger partial charge is 0.356 e. The lowest BCUT2D eigenvalue weighted by Crippen LogP contribution is -2.48. The molecule has 25 heavy (non-hydrogen) atoms. The summed E-state index contributed by atoms with van der Waals surface area (Å²) in [4.78, 5) is 24.5. The zero-order valence-electron chi connectivity index (χ0n) is 12.8. The van der Waals surface area contributed by atoms with E-state index in [4.69, 9.17) is 0 Å². The molecular formula is C17H12F4N2O2. The summed E-state index contributed by atoms with van der Waals surface area (Å²) in [6.45, 7) is -0.394. The van der Waals surface area contributed by atoms with Crippen molar-refractivity contribution in [1.82, 2.24) is 5.32 Å². The molecule has 1 heterocycles. The first-order chi connectivity index (χ1) is 11.9. The summed E-state index contributed by atoms with van der Waals surface area (Å²) in [5.74, 6) is -8.67. The van der Waals surface area contributed by atoms with E-state index in [1.54, 1.807) is 6.07 Å². The molecule has 0 unspecified atom stereocenters. The van der Waals surface area contributed by atoms with Gasteiger partial charge in [0.15, 0.2) is 29.1 Å². The van der Waals surface area contributed by atoms with Gasteiger partial charge in [0, 0.05) is 18.7 Å². The van der Waals surface area contributed by atoms with E-state index < -0.39 is 52.8 Å². The summed E-state index contributed by atoms with van der Waals surface area (Å²) < 4.78 is 57.5. The highest BCUT2D eigenvalue weighted by Gasteiger charge is 2.33. The zero-order valence-corrected chi connectivity index (χ0v) is 12.8. The smallest absolute Gasteiger partial charge is 0.239 e. The maximum atomic E-state index is 14.4. The molecule has 3 rings (SSSR count). The van der Waals surface area contributed by atoms with Gasteiger partial charge < -0.3 is 10.2 Å². The highest BCUT2D eigenvalue weighted by molar-refractivity contribution is 6.09. The molecule has 8 heteroatoms. The van der Waals surface area contributed by atoms with E-state index in [1.165, 1.54) is 24.3 Å². The molecule has 2 aromatic rings. The molecule has 0 bridgehead atoms. The maximum Gasteiger partial charge on any atom is 0.239 e. The van der Waals surface area contributed by atoms with Gasteiger partial charge in [-0.1, -0.05) is 30.3 Å². The van der Waals surface area contributed by atoms with Crippen molar-refractivity contribution in [2.75, 3.05) is 24.5 Å². The number of halogens is 4. The van der Waals surface area contributed by atoms with E-state index in [0.717, 1.165) is 4.90 Å². The summed E-state index contributed by atoms with van der Waals surface area (Å²) in [7, 11) is 0. The van der Waals surface area contributed by atoms with Crippen molar-refractivity contribution < 1.29 is 27.2 Å². The number of carbonyl (C=O) groups is 2. The summed E-state index contributed by atoms with van der Waals surface area (Å²) in [5.41, 5.74) is -2.40. The van der Waals surface area contributed by atoms with Gasteiger partial charge in [0.1, 0.15) is 11.3 Å². The first-order valence-corrected chi connectivity index (χ1v) is 7.39. The van der Waals surface area contributed by atoms with Gasteiger partial charge in [-0.15, -0.1) is 0 Å². The standard InChI is InChI=1S/C17H12F4N2O2/c18-12-11(17(25)9-4-2-1-3-5-9)13(19)15(21)16(14(12)20)23-7-6-22-10(24)8-23/h1-5H,6-8H2,(H,22,24). The number of anilines is 1. The number of nitrogens with zero attached hydrogens (tertiary/aromatic N) is 1. The van der Waals surface area contributed by atoms with Crippen molar-refractivity contribution in [3.8, 4) is 0 Å². The molecule has 1 saturated heterocycles. The molecule has 130 valence electrons. The second kappa shape index (κ2) is 6.54. The number of carbonyl (C=O) groups excluding carboxylic acids is 2. The fourth-order valence-electron chi connectivity index (χ4n) is 2.66. The minimum Gasteiger partial charge on any atom is -0.356 e. The Labute approximate surface area is 140 Å². The summed E-state index contributed by atoms with van der Waals surface area (Å²) >= 11 is 0. The minimum absolute atomic E-state index is 0.0234. The van der Waals surface area contributed by atoms with Gasteiger partial charge in [-0.3, -0.25) is 9.59 Å². The zero-order chi connectivity index (χ0) is 18.1. The van der Waals surface area contributed by atoms with Crippen LogP contribution in [0.4, 0.5) is 23.2 Å². The molecule has 1 N–H and O–H groups in total. The number of rotatable bonds is 3. The molecule has 1 aliphatic heterocycles. The predicted molar refractivity (Wildman–Crippen MR) is 81.4 cm³/mol. The van der Waals surface area contributed by atoms with Crippen molar-refractivity contribution in [2.45, 2.75) is 0 Å². The Morgan fingerprint density at radius 3 is 2.12 bits per heavy atom. The molecule has 0 atom stereocenters. The number of piperazine rings is 1. The van der Waals surface area contributed by atoms with Crippen LogP contribution in [0.25, 0.3) is 0 Å². The quantitative estimate of drug-likeness (QED) is 0.524. The van der Waals surface area contributed by atoms with E-state index in [2.05, 4.69) is 5.32 Å². The van der Waals surface area contributed by atoms with Crippen molar-refractivity contribution in [2.24, 2.45) is 0 Å². The van der Waals surface area contributed by atoms with E-state index in [-0.39, 0.29) is 18.7 Å². The Hall–Kier alpha value is -2.90. The molecule has 1 aliphatic rings. The van der Waals surface area contributed by atoms with Gasteiger partial charge >= 0.3 is 0 Å². The van der Waals surface area contributed by atoms with E-state index in [1.807, 2.05) is 0 Å². The van der Waals surface area contributed by atoms with Crippen molar-refractivity contribution in [3.63, 3.8) is 0 Å². The SMILES string of the molecule is O=C1CN(c2c(F)c(F)c(C(=O)c3ccccc3)c(F)c2F)CCN1.